The van der Waals surface area contributed by atoms with Crippen LogP contribution in [0.25, 0.3) is 0 Å². The van der Waals surface area contributed by atoms with Crippen LogP contribution in [0.2, 0.25) is 0 Å². The van der Waals surface area contributed by atoms with E-state index in [2.05, 4.69) is 17.1 Å². The Morgan fingerprint density at radius 3 is 2.61 bits per heavy atom. The Morgan fingerprint density at radius 1 is 1.30 bits per heavy atom. The highest BCUT2D eigenvalue weighted by Crippen LogP contribution is 2.33. The zero-order valence-electron chi connectivity index (χ0n) is 14.0. The number of amides is 1. The first-order valence-corrected chi connectivity index (χ1v) is 8.45. The summed E-state index contributed by atoms with van der Waals surface area (Å²) in [6.45, 7) is 5.54. The molecule has 2 rings (SSSR count). The fraction of sp³-hybridized carbons (Fsp3) is 0.611. The number of nitrogens with one attached hydrogen (secondary N) is 1. The average Bonchev–Trinajstić information content (AvgIpc) is 2.61. The summed E-state index contributed by atoms with van der Waals surface area (Å²) in [6.07, 6.45) is 2.93. The van der Waals surface area contributed by atoms with Gasteiger partial charge in [0, 0.05) is 6.61 Å². The second-order valence-electron chi connectivity index (χ2n) is 6.30. The molecule has 0 atom stereocenters. The highest BCUT2D eigenvalue weighted by molar-refractivity contribution is 5.78. The van der Waals surface area contributed by atoms with Crippen LogP contribution in [0, 0.1) is 5.41 Å². The Hall–Kier alpha value is -1.59. The van der Waals surface area contributed by atoms with E-state index in [1.165, 1.54) is 0 Å². The first kappa shape index (κ1) is 17.8. The fourth-order valence-corrected chi connectivity index (χ4v) is 2.94. The molecule has 5 heteroatoms. The Balaban J connectivity index is 1.60. The third kappa shape index (κ3) is 5.52. The van der Waals surface area contributed by atoms with Crippen molar-refractivity contribution in [3.05, 3.63) is 30.3 Å². The minimum atomic E-state index is 0.0367. The summed E-state index contributed by atoms with van der Waals surface area (Å²) in [4.78, 5) is 14.1. The topological polar surface area (TPSA) is 61.8 Å². The first-order valence-electron chi connectivity index (χ1n) is 8.45. The Labute approximate surface area is 138 Å². The fourth-order valence-electron chi connectivity index (χ4n) is 2.94. The molecule has 1 aliphatic rings. The number of aliphatic hydroxyl groups excluding tert-OH is 1. The van der Waals surface area contributed by atoms with Crippen LogP contribution in [0.4, 0.5) is 0 Å². The van der Waals surface area contributed by atoms with Crippen LogP contribution in [-0.2, 0) is 4.79 Å². The largest absolute Gasteiger partial charge is 0.492 e. The van der Waals surface area contributed by atoms with Crippen LogP contribution in [0.3, 0.4) is 0 Å². The van der Waals surface area contributed by atoms with E-state index in [0.717, 1.165) is 38.1 Å². The summed E-state index contributed by atoms with van der Waals surface area (Å²) in [5.41, 5.74) is 0.0660. The van der Waals surface area contributed by atoms with Crippen molar-refractivity contribution in [3.63, 3.8) is 0 Å². The molecular formula is C18H28N2O3. The van der Waals surface area contributed by atoms with Gasteiger partial charge >= 0.3 is 0 Å². The number of ether oxygens (including phenoxy) is 1. The molecule has 128 valence electrons. The van der Waals surface area contributed by atoms with Crippen molar-refractivity contribution in [1.82, 2.24) is 10.2 Å². The van der Waals surface area contributed by atoms with Gasteiger partial charge in [0.15, 0.2) is 0 Å². The van der Waals surface area contributed by atoms with E-state index in [9.17, 15) is 9.90 Å². The van der Waals surface area contributed by atoms with Crippen LogP contribution >= 0.6 is 0 Å². The summed E-state index contributed by atoms with van der Waals surface area (Å²) >= 11 is 0. The molecular weight excluding hydrogens is 292 g/mol. The maximum Gasteiger partial charge on any atom is 0.234 e. The van der Waals surface area contributed by atoms with Crippen LogP contribution in [0.15, 0.2) is 30.3 Å². The second-order valence-corrected chi connectivity index (χ2v) is 6.30. The zero-order valence-corrected chi connectivity index (χ0v) is 14.0. The first-order chi connectivity index (χ1) is 11.2. The molecule has 1 saturated heterocycles. The number of nitrogens with zero attached hydrogens (tertiary/aromatic N) is 1. The van der Waals surface area contributed by atoms with Gasteiger partial charge in [-0.3, -0.25) is 9.69 Å². The average molecular weight is 320 g/mol. The lowest BCUT2D eigenvalue weighted by Crippen LogP contribution is -2.46. The monoisotopic (exact) mass is 320 g/mol. The van der Waals surface area contributed by atoms with Gasteiger partial charge in [0.1, 0.15) is 12.4 Å². The summed E-state index contributed by atoms with van der Waals surface area (Å²) < 4.78 is 5.55. The maximum atomic E-state index is 12.0. The molecule has 0 saturated carbocycles. The predicted octanol–water partition coefficient (Wildman–Crippen LogP) is 1.67. The highest BCUT2D eigenvalue weighted by atomic mass is 16.5. The van der Waals surface area contributed by atoms with E-state index >= 15 is 0 Å². The molecule has 5 nitrogen and oxygen atoms in total. The van der Waals surface area contributed by atoms with Crippen molar-refractivity contribution in [2.75, 3.05) is 39.4 Å². The van der Waals surface area contributed by atoms with Crippen LogP contribution in [-0.4, -0.2) is 55.3 Å². The number of hydrogen-bond donors (Lipinski definition) is 2. The van der Waals surface area contributed by atoms with Gasteiger partial charge in [0.25, 0.3) is 0 Å². The predicted molar refractivity (Wildman–Crippen MR) is 90.4 cm³/mol. The van der Waals surface area contributed by atoms with Crippen LogP contribution in [0.1, 0.15) is 26.2 Å². The third-order valence-electron chi connectivity index (χ3n) is 4.81. The van der Waals surface area contributed by atoms with Gasteiger partial charge in [0.05, 0.1) is 13.1 Å². The van der Waals surface area contributed by atoms with Crippen molar-refractivity contribution < 1.29 is 14.6 Å². The van der Waals surface area contributed by atoms with E-state index in [4.69, 9.17) is 4.74 Å². The van der Waals surface area contributed by atoms with Crippen molar-refractivity contribution in [2.45, 2.75) is 26.2 Å². The van der Waals surface area contributed by atoms with Gasteiger partial charge in [-0.25, -0.2) is 0 Å². The molecule has 1 aromatic rings. The Bertz CT molecular complexity index is 464. The van der Waals surface area contributed by atoms with E-state index in [1.807, 2.05) is 30.3 Å². The molecule has 1 heterocycles. The lowest BCUT2D eigenvalue weighted by atomic mass is 9.77. The molecule has 2 N–H and O–H groups in total. The van der Waals surface area contributed by atoms with Crippen molar-refractivity contribution >= 4 is 5.91 Å². The lowest BCUT2D eigenvalue weighted by Gasteiger charge is -2.39. The number of para-hydroxylation sites is 1. The van der Waals surface area contributed by atoms with Gasteiger partial charge < -0.3 is 15.2 Å². The van der Waals surface area contributed by atoms with E-state index in [1.54, 1.807) is 0 Å². The number of aliphatic hydroxyl groups is 1. The zero-order chi connectivity index (χ0) is 16.5. The molecule has 0 spiro atoms. The van der Waals surface area contributed by atoms with Crippen LogP contribution < -0.4 is 10.1 Å². The molecule has 23 heavy (non-hydrogen) atoms. The van der Waals surface area contributed by atoms with E-state index in [0.29, 0.717) is 19.7 Å². The lowest BCUT2D eigenvalue weighted by molar-refractivity contribution is -0.123. The standard InChI is InChI=1S/C18H28N2O3/c1-2-18(15-21)8-11-20(12-9-18)14-17(22)19-10-13-23-16-6-4-3-5-7-16/h3-7,21H,2,8-15H2,1H3,(H,19,22). The number of hydrogen-bond acceptors (Lipinski definition) is 4. The molecule has 0 bridgehead atoms. The van der Waals surface area contributed by atoms with Crippen molar-refractivity contribution in [3.8, 4) is 5.75 Å². The van der Waals surface area contributed by atoms with Gasteiger partial charge in [-0.15, -0.1) is 0 Å². The smallest absolute Gasteiger partial charge is 0.234 e. The van der Waals surface area contributed by atoms with E-state index < -0.39 is 0 Å². The minimum absolute atomic E-state index is 0.0367. The van der Waals surface area contributed by atoms with Gasteiger partial charge in [-0.1, -0.05) is 25.1 Å². The molecule has 1 aliphatic heterocycles. The normalized spacial score (nSPS) is 17.7. The quantitative estimate of drug-likeness (QED) is 0.715. The van der Waals surface area contributed by atoms with Crippen molar-refractivity contribution in [2.24, 2.45) is 5.41 Å². The molecule has 0 unspecified atom stereocenters. The number of rotatable bonds is 8. The van der Waals surface area contributed by atoms with Gasteiger partial charge in [0.2, 0.25) is 5.91 Å². The Kier molecular flexibility index (Phi) is 6.86. The summed E-state index contributed by atoms with van der Waals surface area (Å²) in [7, 11) is 0. The number of benzene rings is 1. The van der Waals surface area contributed by atoms with E-state index in [-0.39, 0.29) is 17.9 Å². The SMILES string of the molecule is CCC1(CO)CCN(CC(=O)NCCOc2ccccc2)CC1. The number of carbonyl (C=O) groups is 1. The maximum absolute atomic E-state index is 12.0. The molecule has 1 aromatic carbocycles. The highest BCUT2D eigenvalue weighted by Gasteiger charge is 2.32. The summed E-state index contributed by atoms with van der Waals surface area (Å²) in [6, 6.07) is 9.59. The summed E-state index contributed by atoms with van der Waals surface area (Å²) in [5.74, 6) is 0.854. The Morgan fingerprint density at radius 2 is 2.00 bits per heavy atom. The van der Waals surface area contributed by atoms with Gasteiger partial charge in [-0.2, -0.15) is 0 Å². The summed E-state index contributed by atoms with van der Waals surface area (Å²) in [5, 5.41) is 12.4. The number of carbonyl (C=O) groups excluding carboxylic acids is 1. The van der Waals surface area contributed by atoms with Crippen molar-refractivity contribution in [1.29, 1.82) is 0 Å². The van der Waals surface area contributed by atoms with Crippen LogP contribution in [0.5, 0.6) is 5.75 Å². The third-order valence-corrected chi connectivity index (χ3v) is 4.81. The van der Waals surface area contributed by atoms with Gasteiger partial charge in [-0.05, 0) is 49.9 Å². The minimum Gasteiger partial charge on any atom is -0.492 e. The molecule has 0 aliphatic carbocycles. The molecule has 0 radical (unpaired) electrons. The molecule has 1 amide bonds. The second kappa shape index (κ2) is 8.89. The number of likely N-dealkylation sites (tertiary alicyclic amines) is 1. The molecule has 0 aromatic heterocycles. The molecule has 1 fully saturated rings. The number of piperidine rings is 1.